The highest BCUT2D eigenvalue weighted by Crippen LogP contribution is 2.43. The lowest BCUT2D eigenvalue weighted by Crippen LogP contribution is -2.05. The molecule has 9 aromatic carbocycles. The minimum atomic E-state index is 0.609. The Morgan fingerprint density at radius 2 is 0.651 bits per heavy atom. The van der Waals surface area contributed by atoms with Gasteiger partial charge in [-0.3, -0.25) is 4.57 Å². The van der Waals surface area contributed by atoms with Crippen LogP contribution in [0.25, 0.3) is 116 Å². The first-order chi connectivity index (χ1) is 31.3. The van der Waals surface area contributed by atoms with Gasteiger partial charge in [0.15, 0.2) is 0 Å². The molecule has 13 aromatic rings. The molecule has 0 aliphatic carbocycles. The van der Waals surface area contributed by atoms with E-state index in [1.165, 1.54) is 27.1 Å². The smallest absolute Gasteiger partial charge is 0.235 e. The lowest BCUT2D eigenvalue weighted by molar-refractivity contribution is 0.994. The van der Waals surface area contributed by atoms with Crippen molar-refractivity contribution in [3.63, 3.8) is 0 Å². The van der Waals surface area contributed by atoms with Crippen molar-refractivity contribution in [2.75, 3.05) is 0 Å². The fourth-order valence-corrected chi connectivity index (χ4v) is 9.87. The molecule has 0 radical (unpaired) electrons. The molecule has 0 atom stereocenters. The van der Waals surface area contributed by atoms with Crippen LogP contribution in [0.2, 0.25) is 0 Å². The lowest BCUT2D eigenvalue weighted by Gasteiger charge is -2.16. The van der Waals surface area contributed by atoms with Crippen molar-refractivity contribution < 1.29 is 0 Å². The number of rotatable bonds is 6. The van der Waals surface area contributed by atoms with Crippen LogP contribution in [0.15, 0.2) is 224 Å². The molecule has 0 bridgehead atoms. The second-order valence-electron chi connectivity index (χ2n) is 16.2. The van der Waals surface area contributed by atoms with Crippen LogP contribution in [0.5, 0.6) is 0 Å². The molecular weight excluding hydrogens is 767 g/mol. The van der Waals surface area contributed by atoms with Gasteiger partial charge < -0.3 is 9.13 Å². The van der Waals surface area contributed by atoms with Crippen LogP contribution in [-0.2, 0) is 0 Å². The largest absolute Gasteiger partial charge is 0.309 e. The van der Waals surface area contributed by atoms with E-state index in [4.69, 9.17) is 9.97 Å². The zero-order valence-corrected chi connectivity index (χ0v) is 34.1. The predicted octanol–water partition coefficient (Wildman–Crippen LogP) is 14.8. The first-order valence-electron chi connectivity index (χ1n) is 21.4. The van der Waals surface area contributed by atoms with Crippen LogP contribution >= 0.6 is 0 Å². The number of aromatic nitrogens is 5. The van der Waals surface area contributed by atoms with E-state index in [-0.39, 0.29) is 0 Å². The number of fused-ring (bicyclic) bond motifs is 9. The zero-order chi connectivity index (χ0) is 41.4. The molecule has 0 N–H and O–H groups in total. The summed E-state index contributed by atoms with van der Waals surface area (Å²) in [5.41, 5.74) is 14.9. The summed E-state index contributed by atoms with van der Waals surface area (Å²) < 4.78 is 7.17. The Kier molecular flexibility index (Phi) is 7.84. The molecule has 0 unspecified atom stereocenters. The minimum Gasteiger partial charge on any atom is -0.309 e. The third-order valence-corrected chi connectivity index (χ3v) is 12.7. The molecule has 0 saturated carbocycles. The maximum atomic E-state index is 5.50. The number of para-hydroxylation sites is 5. The maximum absolute atomic E-state index is 5.50. The van der Waals surface area contributed by atoms with E-state index in [0.717, 1.165) is 83.3 Å². The molecule has 0 saturated heterocycles. The third-order valence-electron chi connectivity index (χ3n) is 12.7. The van der Waals surface area contributed by atoms with Gasteiger partial charge in [-0.1, -0.05) is 176 Å². The van der Waals surface area contributed by atoms with Crippen molar-refractivity contribution >= 4 is 65.4 Å². The van der Waals surface area contributed by atoms with Gasteiger partial charge in [-0.2, -0.15) is 0 Å². The van der Waals surface area contributed by atoms with E-state index < -0.39 is 0 Å². The van der Waals surface area contributed by atoms with Crippen LogP contribution in [0.3, 0.4) is 0 Å². The summed E-state index contributed by atoms with van der Waals surface area (Å²) in [5, 5.41) is 7.12. The van der Waals surface area contributed by atoms with E-state index in [1.807, 2.05) is 6.07 Å². The van der Waals surface area contributed by atoms with Crippen molar-refractivity contribution in [3.05, 3.63) is 224 Å². The number of hydrogen-bond donors (Lipinski definition) is 0. The SMILES string of the molecule is c1ccc(-c2ccc(-c3cc(-c4ccccc4)nc(-n4c5ccccc5c5c(-n6c7ccccc7c7ccccc76)cc(-n6c7ccccc7c7ccccc76)cc54)n3)cc2)cc1. The number of benzene rings is 9. The molecule has 0 fully saturated rings. The molecule has 63 heavy (non-hydrogen) atoms. The topological polar surface area (TPSA) is 40.6 Å². The van der Waals surface area contributed by atoms with Crippen LogP contribution in [-0.4, -0.2) is 23.7 Å². The molecule has 5 nitrogen and oxygen atoms in total. The van der Waals surface area contributed by atoms with Crippen LogP contribution in [0.4, 0.5) is 0 Å². The van der Waals surface area contributed by atoms with E-state index in [0.29, 0.717) is 5.95 Å². The maximum Gasteiger partial charge on any atom is 0.235 e. The Morgan fingerprint density at radius 1 is 0.270 bits per heavy atom. The molecule has 0 spiro atoms. The highest BCUT2D eigenvalue weighted by atomic mass is 15.2. The van der Waals surface area contributed by atoms with Crippen molar-refractivity contribution in [1.82, 2.24) is 23.7 Å². The van der Waals surface area contributed by atoms with E-state index in [9.17, 15) is 0 Å². The minimum absolute atomic E-state index is 0.609. The molecule has 13 rings (SSSR count). The predicted molar refractivity (Wildman–Crippen MR) is 261 cm³/mol. The lowest BCUT2D eigenvalue weighted by atomic mass is 10.0. The number of hydrogen-bond acceptors (Lipinski definition) is 2. The van der Waals surface area contributed by atoms with Gasteiger partial charge in [0.05, 0.1) is 55.9 Å². The highest BCUT2D eigenvalue weighted by molar-refractivity contribution is 6.17. The van der Waals surface area contributed by atoms with Gasteiger partial charge >= 0.3 is 0 Å². The van der Waals surface area contributed by atoms with Gasteiger partial charge in [-0.15, -0.1) is 0 Å². The first-order valence-corrected chi connectivity index (χ1v) is 21.4. The van der Waals surface area contributed by atoms with Crippen molar-refractivity contribution in [1.29, 1.82) is 0 Å². The average Bonchev–Trinajstić information content (AvgIpc) is 4.00. The monoisotopic (exact) mass is 803 g/mol. The van der Waals surface area contributed by atoms with Gasteiger partial charge in [0.1, 0.15) is 0 Å². The third kappa shape index (κ3) is 5.50. The second kappa shape index (κ2) is 14.0. The quantitative estimate of drug-likeness (QED) is 0.168. The molecule has 294 valence electrons. The van der Waals surface area contributed by atoms with Gasteiger partial charge in [-0.25, -0.2) is 9.97 Å². The Hall–Kier alpha value is -8.54. The second-order valence-corrected chi connectivity index (χ2v) is 16.2. The van der Waals surface area contributed by atoms with Crippen molar-refractivity contribution in [2.24, 2.45) is 0 Å². The van der Waals surface area contributed by atoms with E-state index in [2.05, 4.69) is 232 Å². The van der Waals surface area contributed by atoms with Gasteiger partial charge in [0.2, 0.25) is 5.95 Å². The fraction of sp³-hybridized carbons (Fsp3) is 0. The molecule has 4 aromatic heterocycles. The summed E-state index contributed by atoms with van der Waals surface area (Å²) in [5.74, 6) is 0.609. The van der Waals surface area contributed by atoms with E-state index in [1.54, 1.807) is 0 Å². The van der Waals surface area contributed by atoms with Gasteiger partial charge in [0.25, 0.3) is 0 Å². The summed E-state index contributed by atoms with van der Waals surface area (Å²) in [7, 11) is 0. The van der Waals surface area contributed by atoms with E-state index >= 15 is 0 Å². The fourth-order valence-electron chi connectivity index (χ4n) is 9.87. The summed E-state index contributed by atoms with van der Waals surface area (Å²) >= 11 is 0. The molecule has 0 amide bonds. The molecular formula is C58H37N5. The average molecular weight is 804 g/mol. The zero-order valence-electron chi connectivity index (χ0n) is 34.1. The highest BCUT2D eigenvalue weighted by Gasteiger charge is 2.24. The molecule has 4 heterocycles. The number of nitrogens with zero attached hydrogens (tertiary/aromatic N) is 5. The summed E-state index contributed by atoms with van der Waals surface area (Å²) in [6, 6.07) is 80.2. The summed E-state index contributed by atoms with van der Waals surface area (Å²) in [6.45, 7) is 0. The van der Waals surface area contributed by atoms with Crippen molar-refractivity contribution in [2.45, 2.75) is 0 Å². The molecule has 5 heteroatoms. The molecule has 0 aliphatic rings. The Labute approximate surface area is 363 Å². The van der Waals surface area contributed by atoms with Gasteiger partial charge in [0, 0.05) is 43.4 Å². The Morgan fingerprint density at radius 3 is 1.17 bits per heavy atom. The van der Waals surface area contributed by atoms with Gasteiger partial charge in [-0.05, 0) is 59.7 Å². The normalized spacial score (nSPS) is 11.8. The van der Waals surface area contributed by atoms with Crippen LogP contribution < -0.4 is 0 Å². The first kappa shape index (κ1) is 35.2. The van der Waals surface area contributed by atoms with Crippen LogP contribution in [0.1, 0.15) is 0 Å². The van der Waals surface area contributed by atoms with Crippen LogP contribution in [0, 0.1) is 0 Å². The summed E-state index contributed by atoms with van der Waals surface area (Å²) in [6.07, 6.45) is 0. The summed E-state index contributed by atoms with van der Waals surface area (Å²) in [4.78, 5) is 11.0. The Balaban J connectivity index is 1.16. The molecule has 0 aliphatic heterocycles. The Bertz CT molecular complexity index is 3790. The van der Waals surface area contributed by atoms with Crippen molar-refractivity contribution in [3.8, 4) is 51.0 Å². The standard InChI is InChI=1S/C58H37N5/c1-3-17-38(18-4-1)39-31-33-41(34-32-39)49-37-48(40-19-5-2-6-20-40)59-58(60-49)63-54-30-16-11-25-47(54)57-55(62-52-28-14-9-23-45(52)46-24-10-15-29-53(46)62)35-42(36-56(57)63)61-50-26-12-7-21-43(50)44-22-8-13-27-51(44)61/h1-37H.